The summed E-state index contributed by atoms with van der Waals surface area (Å²) in [6.07, 6.45) is 0. The van der Waals surface area contributed by atoms with Crippen molar-refractivity contribution in [2.24, 2.45) is 0 Å². The van der Waals surface area contributed by atoms with E-state index in [1.54, 1.807) is 43.3 Å². The number of benzene rings is 2. The van der Waals surface area contributed by atoms with Gasteiger partial charge in [-0.2, -0.15) is 0 Å². The second-order valence-corrected chi connectivity index (χ2v) is 6.95. The van der Waals surface area contributed by atoms with E-state index in [1.807, 2.05) is 0 Å². The van der Waals surface area contributed by atoms with Crippen LogP contribution in [-0.2, 0) is 9.84 Å². The van der Waals surface area contributed by atoms with Crippen molar-refractivity contribution in [2.45, 2.75) is 17.9 Å². The molecule has 20 heavy (non-hydrogen) atoms. The molecule has 0 saturated carbocycles. The maximum Gasteiger partial charge on any atom is 0.181 e. The van der Waals surface area contributed by atoms with Crippen molar-refractivity contribution in [1.82, 2.24) is 0 Å². The lowest BCUT2D eigenvalue weighted by atomic mass is 10.1. The van der Waals surface area contributed by atoms with Crippen molar-refractivity contribution in [3.05, 3.63) is 59.4 Å². The lowest BCUT2D eigenvalue weighted by Crippen LogP contribution is -2.14. The lowest BCUT2D eigenvalue weighted by Gasteiger charge is -2.16. The fraction of sp³-hybridized carbons (Fsp3) is 0.200. The van der Waals surface area contributed by atoms with Gasteiger partial charge in [-0.1, -0.05) is 30.3 Å². The molecule has 1 aliphatic rings. The fourth-order valence-corrected chi connectivity index (χ4v) is 4.30. The van der Waals surface area contributed by atoms with Gasteiger partial charge in [-0.15, -0.1) is 0 Å². The Balaban J connectivity index is 2.02. The number of nitrogens with one attached hydrogen (secondary N) is 1. The normalized spacial score (nSPS) is 19.6. The van der Waals surface area contributed by atoms with Crippen LogP contribution in [0.2, 0.25) is 0 Å². The number of hydrogen-bond acceptors (Lipinski definition) is 3. The molecule has 104 valence electrons. The first-order valence-electron chi connectivity index (χ1n) is 6.32. The summed E-state index contributed by atoms with van der Waals surface area (Å²) in [5.74, 6) is -0.410. The van der Waals surface area contributed by atoms with E-state index in [0.29, 0.717) is 16.1 Å². The zero-order valence-corrected chi connectivity index (χ0v) is 11.7. The highest BCUT2D eigenvalue weighted by atomic mass is 32.2. The predicted octanol–water partition coefficient (Wildman–Crippen LogP) is 3.07. The van der Waals surface area contributed by atoms with Crippen LogP contribution in [-0.4, -0.2) is 14.2 Å². The van der Waals surface area contributed by atoms with Gasteiger partial charge in [0.1, 0.15) is 5.82 Å². The number of rotatable bonds is 2. The molecule has 1 atom stereocenters. The quantitative estimate of drug-likeness (QED) is 0.925. The zero-order chi connectivity index (χ0) is 14.3. The summed E-state index contributed by atoms with van der Waals surface area (Å²) in [7, 11) is -3.29. The summed E-state index contributed by atoms with van der Waals surface area (Å²) >= 11 is 0. The van der Waals surface area contributed by atoms with E-state index in [4.69, 9.17) is 0 Å². The standard InChI is InChI=1S/C15H14FNO2S/c1-10-5-4-7-12(16)15(10)17-13-9-20(18,19)14-8-3-2-6-11(13)14/h2-8,13,17H,9H2,1H3. The van der Waals surface area contributed by atoms with E-state index in [9.17, 15) is 12.8 Å². The molecule has 0 fully saturated rings. The van der Waals surface area contributed by atoms with Gasteiger partial charge in [-0.05, 0) is 30.2 Å². The first-order chi connectivity index (χ1) is 9.49. The van der Waals surface area contributed by atoms with Crippen LogP contribution in [0.1, 0.15) is 17.2 Å². The Bertz CT molecular complexity index is 751. The molecule has 2 aromatic rings. The zero-order valence-electron chi connectivity index (χ0n) is 10.9. The highest BCUT2D eigenvalue weighted by Gasteiger charge is 2.34. The van der Waals surface area contributed by atoms with Crippen LogP contribution in [0, 0.1) is 12.7 Å². The molecule has 1 N–H and O–H groups in total. The number of para-hydroxylation sites is 1. The topological polar surface area (TPSA) is 46.2 Å². The molecule has 0 saturated heterocycles. The van der Waals surface area contributed by atoms with E-state index in [2.05, 4.69) is 5.32 Å². The second-order valence-electron chi connectivity index (χ2n) is 4.95. The lowest BCUT2D eigenvalue weighted by molar-refractivity contribution is 0.598. The highest BCUT2D eigenvalue weighted by Crippen LogP contribution is 2.36. The summed E-state index contributed by atoms with van der Waals surface area (Å²) in [5.41, 5.74) is 1.83. The van der Waals surface area contributed by atoms with E-state index in [1.165, 1.54) is 6.07 Å². The Labute approximate surface area is 117 Å². The van der Waals surface area contributed by atoms with Crippen LogP contribution in [0.5, 0.6) is 0 Å². The van der Waals surface area contributed by atoms with E-state index < -0.39 is 15.9 Å². The van der Waals surface area contributed by atoms with Gasteiger partial charge >= 0.3 is 0 Å². The van der Waals surface area contributed by atoms with Crippen LogP contribution < -0.4 is 5.32 Å². The highest BCUT2D eigenvalue weighted by molar-refractivity contribution is 7.91. The van der Waals surface area contributed by atoms with Crippen LogP contribution in [0.25, 0.3) is 0 Å². The SMILES string of the molecule is Cc1cccc(F)c1NC1CS(=O)(=O)c2ccccc21. The first-order valence-corrected chi connectivity index (χ1v) is 7.97. The Morgan fingerprint density at radius 3 is 2.65 bits per heavy atom. The summed E-state index contributed by atoms with van der Waals surface area (Å²) in [6, 6.07) is 11.2. The maximum atomic E-state index is 13.9. The Morgan fingerprint density at radius 2 is 1.90 bits per heavy atom. The second kappa shape index (κ2) is 4.59. The molecule has 0 radical (unpaired) electrons. The van der Waals surface area contributed by atoms with Crippen LogP contribution in [0.3, 0.4) is 0 Å². The van der Waals surface area contributed by atoms with E-state index >= 15 is 0 Å². The maximum absolute atomic E-state index is 13.9. The number of fused-ring (bicyclic) bond motifs is 1. The van der Waals surface area contributed by atoms with Gasteiger partial charge in [0.25, 0.3) is 0 Å². The molecule has 2 aromatic carbocycles. The minimum absolute atomic E-state index is 0.0415. The molecule has 1 heterocycles. The Morgan fingerprint density at radius 1 is 1.15 bits per heavy atom. The smallest absolute Gasteiger partial charge is 0.181 e. The monoisotopic (exact) mass is 291 g/mol. The summed E-state index contributed by atoms with van der Waals surface area (Å²) in [4.78, 5) is 0.339. The predicted molar refractivity (Wildman–Crippen MR) is 76.0 cm³/mol. The number of aryl methyl sites for hydroxylation is 1. The average Bonchev–Trinajstić information content (AvgIpc) is 2.66. The van der Waals surface area contributed by atoms with Crippen molar-refractivity contribution in [1.29, 1.82) is 0 Å². The molecular weight excluding hydrogens is 277 g/mol. The summed E-state index contributed by atoms with van der Waals surface area (Å²) in [5, 5.41) is 3.04. The average molecular weight is 291 g/mol. The number of sulfone groups is 1. The Kier molecular flexibility index (Phi) is 3.01. The summed E-state index contributed by atoms with van der Waals surface area (Å²) < 4.78 is 38.0. The third-order valence-corrected chi connectivity index (χ3v) is 5.37. The van der Waals surface area contributed by atoms with E-state index in [-0.39, 0.29) is 11.6 Å². The molecule has 0 amide bonds. The van der Waals surface area contributed by atoms with Crippen LogP contribution >= 0.6 is 0 Å². The first kappa shape index (κ1) is 13.1. The molecular formula is C15H14FNO2S. The Hall–Kier alpha value is -1.88. The number of hydrogen-bond donors (Lipinski definition) is 1. The minimum Gasteiger partial charge on any atom is -0.375 e. The molecule has 0 bridgehead atoms. The van der Waals surface area contributed by atoms with Crippen molar-refractivity contribution in [3.8, 4) is 0 Å². The number of anilines is 1. The molecule has 1 aliphatic heterocycles. The van der Waals surface area contributed by atoms with Gasteiger partial charge < -0.3 is 5.32 Å². The third kappa shape index (κ3) is 2.08. The van der Waals surface area contributed by atoms with Crippen molar-refractivity contribution < 1.29 is 12.8 Å². The number of halogens is 1. The van der Waals surface area contributed by atoms with Gasteiger partial charge in [0.05, 0.1) is 22.4 Å². The van der Waals surface area contributed by atoms with E-state index in [0.717, 1.165) is 5.56 Å². The van der Waals surface area contributed by atoms with Crippen LogP contribution in [0.15, 0.2) is 47.4 Å². The third-order valence-electron chi connectivity index (χ3n) is 3.56. The molecule has 1 unspecified atom stereocenters. The van der Waals surface area contributed by atoms with Gasteiger partial charge in [0.2, 0.25) is 0 Å². The van der Waals surface area contributed by atoms with Crippen molar-refractivity contribution in [2.75, 3.05) is 11.1 Å². The molecule has 3 rings (SSSR count). The van der Waals surface area contributed by atoms with Crippen molar-refractivity contribution >= 4 is 15.5 Å². The summed E-state index contributed by atoms with van der Waals surface area (Å²) in [6.45, 7) is 1.79. The molecule has 0 aliphatic carbocycles. The minimum atomic E-state index is -3.29. The fourth-order valence-electron chi connectivity index (χ4n) is 2.56. The van der Waals surface area contributed by atoms with Gasteiger partial charge in [0, 0.05) is 0 Å². The van der Waals surface area contributed by atoms with Crippen molar-refractivity contribution in [3.63, 3.8) is 0 Å². The van der Waals surface area contributed by atoms with Gasteiger partial charge in [-0.3, -0.25) is 0 Å². The van der Waals surface area contributed by atoms with Gasteiger partial charge in [-0.25, -0.2) is 12.8 Å². The largest absolute Gasteiger partial charge is 0.375 e. The van der Waals surface area contributed by atoms with Gasteiger partial charge in [0.15, 0.2) is 9.84 Å². The molecule has 0 aromatic heterocycles. The molecule has 0 spiro atoms. The molecule has 3 nitrogen and oxygen atoms in total. The van der Waals surface area contributed by atoms with Crippen LogP contribution in [0.4, 0.5) is 10.1 Å². The molecule has 5 heteroatoms.